The maximum absolute atomic E-state index is 11.9. The lowest BCUT2D eigenvalue weighted by Gasteiger charge is -2.50. The summed E-state index contributed by atoms with van der Waals surface area (Å²) in [5.41, 5.74) is 1.57. The monoisotopic (exact) mass is 402 g/mol. The van der Waals surface area contributed by atoms with E-state index in [0.29, 0.717) is 0 Å². The van der Waals surface area contributed by atoms with E-state index in [1.165, 1.54) is 16.3 Å². The minimum atomic E-state index is -0.826. The van der Waals surface area contributed by atoms with Crippen LogP contribution in [0.2, 0.25) is 0 Å². The molecule has 1 N–H and O–H groups in total. The minimum Gasteiger partial charge on any atom is -0.383 e. The van der Waals surface area contributed by atoms with Crippen molar-refractivity contribution in [1.82, 2.24) is 9.80 Å². The van der Waals surface area contributed by atoms with E-state index in [9.17, 15) is 5.11 Å². The molecule has 4 nitrogen and oxygen atoms in total. The van der Waals surface area contributed by atoms with Gasteiger partial charge in [-0.05, 0) is 28.3 Å². The largest absolute Gasteiger partial charge is 0.383 e. The van der Waals surface area contributed by atoms with Crippen molar-refractivity contribution in [2.24, 2.45) is 0 Å². The lowest BCUT2D eigenvalue weighted by atomic mass is 9.79. The second-order valence-electron chi connectivity index (χ2n) is 8.58. The standard InChI is InChI=1S/C26H30N2O2/c29-26(23-10-2-1-3-11-23)13-14-27(20-25(26)28-15-17-30-18-16-28)19-22-9-6-8-21-7-4-5-12-24(21)22/h1-12,25,29H,13-20H2/t25-,26+/m1/s1. The Kier molecular flexibility index (Phi) is 5.57. The number of rotatable bonds is 4. The lowest BCUT2D eigenvalue weighted by molar-refractivity contribution is -0.119. The molecule has 3 aromatic carbocycles. The quantitative estimate of drug-likeness (QED) is 0.723. The average molecular weight is 403 g/mol. The van der Waals surface area contributed by atoms with Crippen molar-refractivity contribution in [2.45, 2.75) is 24.6 Å². The van der Waals surface area contributed by atoms with Crippen LogP contribution in [0.3, 0.4) is 0 Å². The molecule has 5 rings (SSSR count). The smallest absolute Gasteiger partial charge is 0.108 e. The summed E-state index contributed by atoms with van der Waals surface area (Å²) >= 11 is 0. The zero-order valence-electron chi connectivity index (χ0n) is 17.4. The predicted octanol–water partition coefficient (Wildman–Crippen LogP) is 3.63. The molecule has 2 heterocycles. The maximum atomic E-state index is 11.9. The van der Waals surface area contributed by atoms with E-state index < -0.39 is 5.60 Å². The van der Waals surface area contributed by atoms with E-state index in [-0.39, 0.29) is 6.04 Å². The third kappa shape index (κ3) is 3.77. The van der Waals surface area contributed by atoms with Crippen molar-refractivity contribution >= 4 is 10.8 Å². The Bertz CT molecular complexity index is 981. The Labute approximate surface area is 178 Å². The van der Waals surface area contributed by atoms with Crippen molar-refractivity contribution in [3.63, 3.8) is 0 Å². The van der Waals surface area contributed by atoms with Gasteiger partial charge in [-0.1, -0.05) is 72.8 Å². The van der Waals surface area contributed by atoms with Crippen LogP contribution in [-0.2, 0) is 16.9 Å². The highest BCUT2D eigenvalue weighted by atomic mass is 16.5. The van der Waals surface area contributed by atoms with Crippen molar-refractivity contribution in [3.8, 4) is 0 Å². The maximum Gasteiger partial charge on any atom is 0.108 e. The van der Waals surface area contributed by atoms with Crippen molar-refractivity contribution in [3.05, 3.63) is 83.9 Å². The average Bonchev–Trinajstić information content (AvgIpc) is 2.82. The van der Waals surface area contributed by atoms with Gasteiger partial charge in [0.2, 0.25) is 0 Å². The van der Waals surface area contributed by atoms with Gasteiger partial charge in [0.05, 0.1) is 19.3 Å². The summed E-state index contributed by atoms with van der Waals surface area (Å²) in [6.45, 7) is 5.89. The highest BCUT2D eigenvalue weighted by Crippen LogP contribution is 2.37. The third-order valence-corrected chi connectivity index (χ3v) is 6.83. The second kappa shape index (κ2) is 8.48. The molecule has 0 amide bonds. The molecule has 0 bridgehead atoms. The number of benzene rings is 3. The van der Waals surface area contributed by atoms with Crippen LogP contribution in [0.4, 0.5) is 0 Å². The van der Waals surface area contributed by atoms with Gasteiger partial charge in [0.15, 0.2) is 0 Å². The minimum absolute atomic E-state index is 0.0625. The number of ether oxygens (including phenoxy) is 1. The normalized spacial score (nSPS) is 26.1. The summed E-state index contributed by atoms with van der Waals surface area (Å²) in [5, 5.41) is 14.5. The molecule has 156 valence electrons. The van der Waals surface area contributed by atoms with Crippen LogP contribution in [0.5, 0.6) is 0 Å². The zero-order chi connectivity index (χ0) is 20.4. The molecular weight excluding hydrogens is 372 g/mol. The number of piperidine rings is 1. The Morgan fingerprint density at radius 1 is 0.867 bits per heavy atom. The number of likely N-dealkylation sites (tertiary alicyclic amines) is 1. The molecule has 0 aromatic heterocycles. The fraction of sp³-hybridized carbons (Fsp3) is 0.385. The molecule has 0 spiro atoms. The molecule has 0 radical (unpaired) electrons. The van der Waals surface area contributed by atoms with Gasteiger partial charge in [0.1, 0.15) is 5.60 Å². The molecule has 0 unspecified atom stereocenters. The number of aliphatic hydroxyl groups is 1. The van der Waals surface area contributed by atoms with Gasteiger partial charge >= 0.3 is 0 Å². The van der Waals surface area contributed by atoms with Gasteiger partial charge in [-0.3, -0.25) is 9.80 Å². The van der Waals surface area contributed by atoms with Crippen LogP contribution in [-0.4, -0.2) is 60.3 Å². The third-order valence-electron chi connectivity index (χ3n) is 6.83. The predicted molar refractivity (Wildman–Crippen MR) is 120 cm³/mol. The number of fused-ring (bicyclic) bond motifs is 1. The first kappa shape index (κ1) is 19.7. The van der Waals surface area contributed by atoms with Crippen molar-refractivity contribution < 1.29 is 9.84 Å². The van der Waals surface area contributed by atoms with Crippen LogP contribution in [0.15, 0.2) is 72.8 Å². The molecule has 2 fully saturated rings. The van der Waals surface area contributed by atoms with E-state index in [1.807, 2.05) is 18.2 Å². The van der Waals surface area contributed by atoms with E-state index in [1.54, 1.807) is 0 Å². The molecule has 30 heavy (non-hydrogen) atoms. The van der Waals surface area contributed by atoms with Gasteiger partial charge in [-0.15, -0.1) is 0 Å². The van der Waals surface area contributed by atoms with E-state index in [2.05, 4.69) is 64.4 Å². The van der Waals surface area contributed by atoms with Crippen molar-refractivity contribution in [1.29, 1.82) is 0 Å². The van der Waals surface area contributed by atoms with Crippen LogP contribution >= 0.6 is 0 Å². The van der Waals surface area contributed by atoms with E-state index >= 15 is 0 Å². The number of morpholine rings is 1. The molecule has 0 saturated carbocycles. The second-order valence-corrected chi connectivity index (χ2v) is 8.58. The van der Waals surface area contributed by atoms with Gasteiger partial charge in [0, 0.05) is 32.7 Å². The number of hydrogen-bond donors (Lipinski definition) is 1. The molecule has 2 saturated heterocycles. The van der Waals surface area contributed by atoms with Gasteiger partial charge in [-0.2, -0.15) is 0 Å². The topological polar surface area (TPSA) is 35.9 Å². The summed E-state index contributed by atoms with van der Waals surface area (Å²) in [6.07, 6.45) is 0.740. The van der Waals surface area contributed by atoms with Crippen LogP contribution in [0.25, 0.3) is 10.8 Å². The SMILES string of the molecule is O[C@]1(c2ccccc2)CCN(Cc2cccc3ccccc23)C[C@H]1N1CCOCC1. The molecule has 3 aromatic rings. The Morgan fingerprint density at radius 2 is 1.60 bits per heavy atom. The highest BCUT2D eigenvalue weighted by molar-refractivity contribution is 5.85. The Balaban J connectivity index is 1.43. The van der Waals surface area contributed by atoms with Gasteiger partial charge in [0.25, 0.3) is 0 Å². The molecule has 2 aliphatic rings. The summed E-state index contributed by atoms with van der Waals surface area (Å²) < 4.78 is 5.60. The van der Waals surface area contributed by atoms with Crippen LogP contribution in [0.1, 0.15) is 17.5 Å². The lowest BCUT2D eigenvalue weighted by Crippen LogP contribution is -2.62. The van der Waals surface area contributed by atoms with E-state index in [4.69, 9.17) is 4.74 Å². The number of hydrogen-bond acceptors (Lipinski definition) is 4. The number of nitrogens with zero attached hydrogens (tertiary/aromatic N) is 2. The molecular formula is C26H30N2O2. The molecule has 2 aliphatic heterocycles. The van der Waals surface area contributed by atoms with Gasteiger partial charge < -0.3 is 9.84 Å². The summed E-state index contributed by atoms with van der Waals surface area (Å²) in [7, 11) is 0. The summed E-state index contributed by atoms with van der Waals surface area (Å²) in [4.78, 5) is 4.95. The zero-order valence-corrected chi connectivity index (χ0v) is 17.4. The first-order valence-corrected chi connectivity index (χ1v) is 11.0. The molecule has 2 atom stereocenters. The molecule has 4 heteroatoms. The Hall–Kier alpha value is -2.24. The fourth-order valence-corrected chi connectivity index (χ4v) is 5.17. The van der Waals surface area contributed by atoms with Crippen LogP contribution in [0, 0.1) is 0 Å². The highest BCUT2D eigenvalue weighted by Gasteiger charge is 2.45. The van der Waals surface area contributed by atoms with E-state index in [0.717, 1.165) is 57.9 Å². The first-order valence-electron chi connectivity index (χ1n) is 11.0. The van der Waals surface area contributed by atoms with Crippen LogP contribution < -0.4 is 0 Å². The van der Waals surface area contributed by atoms with Gasteiger partial charge in [-0.25, -0.2) is 0 Å². The molecule has 0 aliphatic carbocycles. The summed E-state index contributed by atoms with van der Waals surface area (Å²) in [6, 6.07) is 25.5. The van der Waals surface area contributed by atoms with Crippen molar-refractivity contribution in [2.75, 3.05) is 39.4 Å². The fourth-order valence-electron chi connectivity index (χ4n) is 5.17. The Morgan fingerprint density at radius 3 is 2.43 bits per heavy atom. The summed E-state index contributed by atoms with van der Waals surface area (Å²) in [5.74, 6) is 0. The first-order chi connectivity index (χ1) is 14.7.